The van der Waals surface area contributed by atoms with E-state index in [1.807, 2.05) is 11.9 Å². The fraction of sp³-hybridized carbons (Fsp3) is 0.417. The van der Waals surface area contributed by atoms with Gasteiger partial charge in [-0.25, -0.2) is 4.39 Å². The summed E-state index contributed by atoms with van der Waals surface area (Å²) in [5.74, 6) is -0.0626. The highest BCUT2D eigenvalue weighted by Gasteiger charge is 2.45. The van der Waals surface area contributed by atoms with Crippen molar-refractivity contribution in [1.82, 2.24) is 4.90 Å². The molecular weight excluding hydrogens is 429 g/mol. The summed E-state index contributed by atoms with van der Waals surface area (Å²) in [7, 11) is -2.04. The van der Waals surface area contributed by atoms with Crippen molar-refractivity contribution in [3.05, 3.63) is 59.9 Å². The number of carbonyl (C=O) groups is 1. The van der Waals surface area contributed by atoms with Crippen molar-refractivity contribution in [1.29, 1.82) is 0 Å². The molecule has 1 N–H and O–H groups in total. The molecule has 0 bridgehead atoms. The highest BCUT2D eigenvalue weighted by Crippen LogP contribution is 2.44. The van der Waals surface area contributed by atoms with E-state index in [-0.39, 0.29) is 16.6 Å². The Labute approximate surface area is 188 Å². The van der Waals surface area contributed by atoms with Gasteiger partial charge in [-0.2, -0.15) is 8.42 Å². The lowest BCUT2D eigenvalue weighted by atomic mass is 9.63. The van der Waals surface area contributed by atoms with Crippen LogP contribution in [-0.4, -0.2) is 38.7 Å². The largest absolute Gasteiger partial charge is 0.362 e. The SMILES string of the molecule is CN1CCCCCC1=NS(=O)(=O)c1cccc(NC(=O)C2(c3cccc(F)c3)CCC2)c1. The standard InChI is InChI=1S/C24H28FN3O3S/c1-28-15-4-2-3-12-22(28)27-32(30,31)21-11-6-10-20(17-21)26-23(29)24(13-7-14-24)18-8-5-9-19(25)16-18/h5-6,8-11,16-17H,2-4,7,12-15H2,1H3,(H,26,29). The van der Waals surface area contributed by atoms with Crippen LogP contribution in [-0.2, 0) is 20.2 Å². The number of carbonyl (C=O) groups excluding carboxylic acids is 1. The van der Waals surface area contributed by atoms with Crippen LogP contribution in [0.4, 0.5) is 10.1 Å². The number of sulfonamides is 1. The van der Waals surface area contributed by atoms with Gasteiger partial charge in [0.05, 0.1) is 10.3 Å². The van der Waals surface area contributed by atoms with Crippen molar-refractivity contribution in [3.63, 3.8) is 0 Å². The van der Waals surface area contributed by atoms with Crippen LogP contribution in [0.3, 0.4) is 0 Å². The Kier molecular flexibility index (Phi) is 6.33. The Morgan fingerprint density at radius 1 is 1.06 bits per heavy atom. The highest BCUT2D eigenvalue weighted by atomic mass is 32.2. The summed E-state index contributed by atoms with van der Waals surface area (Å²) in [6, 6.07) is 12.3. The van der Waals surface area contributed by atoms with E-state index >= 15 is 0 Å². The first-order valence-corrected chi connectivity index (χ1v) is 12.5. The maximum Gasteiger partial charge on any atom is 0.284 e. The van der Waals surface area contributed by atoms with Gasteiger partial charge in [-0.15, -0.1) is 4.40 Å². The Bertz CT molecular complexity index is 1140. The molecule has 0 atom stereocenters. The monoisotopic (exact) mass is 457 g/mol. The van der Waals surface area contributed by atoms with E-state index in [0.717, 1.165) is 32.2 Å². The quantitative estimate of drug-likeness (QED) is 0.718. The van der Waals surface area contributed by atoms with E-state index in [1.54, 1.807) is 24.3 Å². The highest BCUT2D eigenvalue weighted by molar-refractivity contribution is 7.90. The van der Waals surface area contributed by atoms with Crippen LogP contribution in [0.25, 0.3) is 0 Å². The molecule has 32 heavy (non-hydrogen) atoms. The molecule has 8 heteroatoms. The number of rotatable bonds is 5. The molecule has 170 valence electrons. The zero-order valence-electron chi connectivity index (χ0n) is 18.2. The molecule has 1 aliphatic carbocycles. The van der Waals surface area contributed by atoms with E-state index < -0.39 is 15.4 Å². The van der Waals surface area contributed by atoms with Gasteiger partial charge in [-0.05, 0) is 61.6 Å². The summed E-state index contributed by atoms with van der Waals surface area (Å²) in [5.41, 5.74) is 0.237. The van der Waals surface area contributed by atoms with Crippen LogP contribution < -0.4 is 5.32 Å². The van der Waals surface area contributed by atoms with Crippen molar-refractivity contribution >= 4 is 27.5 Å². The molecule has 0 aromatic heterocycles. The molecule has 1 saturated heterocycles. The number of anilines is 1. The van der Waals surface area contributed by atoms with Gasteiger partial charge in [-0.1, -0.05) is 31.0 Å². The molecule has 0 spiro atoms. The molecule has 4 rings (SSSR count). The number of likely N-dealkylation sites (tertiary alicyclic amines) is 1. The Balaban J connectivity index is 1.57. The van der Waals surface area contributed by atoms with Gasteiger partial charge in [0.25, 0.3) is 10.0 Å². The Morgan fingerprint density at radius 2 is 1.84 bits per heavy atom. The summed E-state index contributed by atoms with van der Waals surface area (Å²) < 4.78 is 43.8. The van der Waals surface area contributed by atoms with Gasteiger partial charge >= 0.3 is 0 Å². The first kappa shape index (κ1) is 22.5. The second kappa shape index (κ2) is 9.02. The van der Waals surface area contributed by atoms with Crippen molar-refractivity contribution in [3.8, 4) is 0 Å². The molecular formula is C24H28FN3O3S. The lowest BCUT2D eigenvalue weighted by Gasteiger charge is -2.40. The number of benzene rings is 2. The zero-order chi connectivity index (χ0) is 22.8. The Hall–Kier alpha value is -2.74. The minimum atomic E-state index is -3.91. The van der Waals surface area contributed by atoms with Gasteiger partial charge in [-0.3, -0.25) is 4.79 Å². The molecule has 2 fully saturated rings. The van der Waals surface area contributed by atoms with Crippen molar-refractivity contribution in [2.45, 2.75) is 55.3 Å². The summed E-state index contributed by atoms with van der Waals surface area (Å²) in [6.07, 6.45) is 5.74. The summed E-state index contributed by atoms with van der Waals surface area (Å²) in [4.78, 5) is 15.1. The average Bonchev–Trinajstić information content (AvgIpc) is 2.91. The third-order valence-corrected chi connectivity index (χ3v) is 7.77. The summed E-state index contributed by atoms with van der Waals surface area (Å²) in [5, 5.41) is 2.85. The van der Waals surface area contributed by atoms with Crippen LogP contribution in [0.2, 0.25) is 0 Å². The number of amidine groups is 1. The van der Waals surface area contributed by atoms with Gasteiger partial charge in [0.1, 0.15) is 11.7 Å². The molecule has 6 nitrogen and oxygen atoms in total. The Morgan fingerprint density at radius 3 is 2.56 bits per heavy atom. The third-order valence-electron chi connectivity index (χ3n) is 6.47. The van der Waals surface area contributed by atoms with Crippen LogP contribution in [0.15, 0.2) is 57.8 Å². The third kappa shape index (κ3) is 4.55. The van der Waals surface area contributed by atoms with Gasteiger partial charge < -0.3 is 10.2 Å². The maximum atomic E-state index is 13.8. The lowest BCUT2D eigenvalue weighted by Crippen LogP contribution is -2.46. The summed E-state index contributed by atoms with van der Waals surface area (Å²) in [6.45, 7) is 0.784. The van der Waals surface area contributed by atoms with E-state index in [1.165, 1.54) is 24.3 Å². The first-order chi connectivity index (χ1) is 15.3. The van der Waals surface area contributed by atoms with Crippen LogP contribution in [0.1, 0.15) is 50.5 Å². The smallest absolute Gasteiger partial charge is 0.284 e. The van der Waals surface area contributed by atoms with Crippen LogP contribution in [0, 0.1) is 5.82 Å². The van der Waals surface area contributed by atoms with E-state index in [4.69, 9.17) is 0 Å². The van der Waals surface area contributed by atoms with Gasteiger partial charge in [0.2, 0.25) is 5.91 Å². The average molecular weight is 458 g/mol. The van der Waals surface area contributed by atoms with E-state index in [9.17, 15) is 17.6 Å². The maximum absolute atomic E-state index is 13.8. The molecule has 2 aromatic rings. The van der Waals surface area contributed by atoms with E-state index in [2.05, 4.69) is 9.71 Å². The second-order valence-corrected chi connectivity index (χ2v) is 10.2. The number of hydrogen-bond acceptors (Lipinski definition) is 3. The van der Waals surface area contributed by atoms with Crippen molar-refractivity contribution in [2.75, 3.05) is 18.9 Å². The van der Waals surface area contributed by atoms with Crippen LogP contribution in [0.5, 0.6) is 0 Å². The molecule has 1 aliphatic heterocycles. The number of nitrogens with one attached hydrogen (secondary N) is 1. The molecule has 2 aromatic carbocycles. The molecule has 2 aliphatic rings. The van der Waals surface area contributed by atoms with Gasteiger partial charge in [0.15, 0.2) is 0 Å². The minimum absolute atomic E-state index is 0.0360. The van der Waals surface area contributed by atoms with Gasteiger partial charge in [0, 0.05) is 25.7 Å². The fourth-order valence-electron chi connectivity index (χ4n) is 4.38. The summed E-state index contributed by atoms with van der Waals surface area (Å²) >= 11 is 0. The topological polar surface area (TPSA) is 78.8 Å². The first-order valence-electron chi connectivity index (χ1n) is 11.0. The number of halogens is 1. The normalized spacial score (nSPS) is 19.8. The van der Waals surface area contributed by atoms with Crippen molar-refractivity contribution < 1.29 is 17.6 Å². The number of nitrogens with zero attached hydrogens (tertiary/aromatic N) is 2. The van der Waals surface area contributed by atoms with E-state index in [0.29, 0.717) is 36.3 Å². The molecule has 0 radical (unpaired) electrons. The minimum Gasteiger partial charge on any atom is -0.362 e. The number of amides is 1. The fourth-order valence-corrected chi connectivity index (χ4v) is 5.52. The predicted molar refractivity (Wildman–Crippen MR) is 123 cm³/mol. The zero-order valence-corrected chi connectivity index (χ0v) is 19.0. The molecule has 1 saturated carbocycles. The molecule has 0 unspecified atom stereocenters. The second-order valence-electron chi connectivity index (χ2n) is 8.64. The molecule has 1 heterocycles. The lowest BCUT2D eigenvalue weighted by molar-refractivity contribution is -0.124. The van der Waals surface area contributed by atoms with Crippen molar-refractivity contribution in [2.24, 2.45) is 4.40 Å². The number of hydrogen-bond donors (Lipinski definition) is 1. The van der Waals surface area contributed by atoms with Crippen LogP contribution >= 0.6 is 0 Å². The predicted octanol–water partition coefficient (Wildman–Crippen LogP) is 4.48. The molecule has 1 amide bonds.